The van der Waals surface area contributed by atoms with Crippen molar-refractivity contribution in [1.29, 1.82) is 0 Å². The van der Waals surface area contributed by atoms with Crippen LogP contribution in [0.2, 0.25) is 5.02 Å². The van der Waals surface area contributed by atoms with Crippen molar-refractivity contribution in [1.82, 2.24) is 5.32 Å². The van der Waals surface area contributed by atoms with Crippen LogP contribution in [0.25, 0.3) is 0 Å². The second-order valence-electron chi connectivity index (χ2n) is 5.61. The van der Waals surface area contributed by atoms with E-state index >= 15 is 0 Å². The molecule has 1 aliphatic heterocycles. The number of nitrogens with one attached hydrogen (secondary N) is 1. The molecular formula is C17H26ClNO2. The molecule has 2 unspecified atom stereocenters. The highest BCUT2D eigenvalue weighted by Gasteiger charge is 2.20. The zero-order chi connectivity index (χ0) is 15.1. The quantitative estimate of drug-likeness (QED) is 0.774. The van der Waals surface area contributed by atoms with Crippen LogP contribution in [0.1, 0.15) is 50.6 Å². The maximum atomic E-state index is 6.06. The largest absolute Gasteiger partial charge is 0.496 e. The highest BCUT2D eigenvalue weighted by Crippen LogP contribution is 2.32. The SMILES string of the molecule is CCCNC(CCC1CCCO1)c1ccc(Cl)cc1OC. The summed E-state index contributed by atoms with van der Waals surface area (Å²) in [4.78, 5) is 0. The molecule has 1 aromatic carbocycles. The zero-order valence-electron chi connectivity index (χ0n) is 13.0. The maximum absolute atomic E-state index is 6.06. The second kappa shape index (κ2) is 8.62. The van der Waals surface area contributed by atoms with Crippen LogP contribution in [0.4, 0.5) is 0 Å². The van der Waals surface area contributed by atoms with Crippen molar-refractivity contribution >= 4 is 11.6 Å². The first-order valence-electron chi connectivity index (χ1n) is 7.93. The van der Waals surface area contributed by atoms with E-state index in [0.717, 1.165) is 38.2 Å². The van der Waals surface area contributed by atoms with Crippen LogP contribution in [-0.2, 0) is 4.74 Å². The number of halogens is 1. The van der Waals surface area contributed by atoms with Crippen molar-refractivity contribution < 1.29 is 9.47 Å². The lowest BCUT2D eigenvalue weighted by atomic mass is 9.98. The molecule has 0 amide bonds. The minimum absolute atomic E-state index is 0.293. The third kappa shape index (κ3) is 4.87. The number of hydrogen-bond acceptors (Lipinski definition) is 3. The predicted molar refractivity (Wildman–Crippen MR) is 87.2 cm³/mol. The summed E-state index contributed by atoms with van der Waals surface area (Å²) < 4.78 is 11.2. The van der Waals surface area contributed by atoms with Crippen molar-refractivity contribution in [2.24, 2.45) is 0 Å². The third-order valence-electron chi connectivity index (χ3n) is 4.01. The Bertz CT molecular complexity index is 433. The van der Waals surface area contributed by atoms with Crippen LogP contribution < -0.4 is 10.1 Å². The monoisotopic (exact) mass is 311 g/mol. The highest BCUT2D eigenvalue weighted by molar-refractivity contribution is 6.30. The lowest BCUT2D eigenvalue weighted by Gasteiger charge is -2.22. The van der Waals surface area contributed by atoms with E-state index in [9.17, 15) is 0 Å². The summed E-state index contributed by atoms with van der Waals surface area (Å²) in [6.45, 7) is 4.10. The lowest BCUT2D eigenvalue weighted by molar-refractivity contribution is 0.0995. The summed E-state index contributed by atoms with van der Waals surface area (Å²) >= 11 is 6.06. The number of ether oxygens (including phenoxy) is 2. The Hall–Kier alpha value is -0.770. The fourth-order valence-electron chi connectivity index (χ4n) is 2.88. The molecule has 2 atom stereocenters. The topological polar surface area (TPSA) is 30.5 Å². The van der Waals surface area contributed by atoms with Crippen LogP contribution >= 0.6 is 11.6 Å². The molecule has 0 saturated carbocycles. The molecule has 0 bridgehead atoms. The van der Waals surface area contributed by atoms with Crippen LogP contribution in [0.3, 0.4) is 0 Å². The normalized spacial score (nSPS) is 19.7. The smallest absolute Gasteiger partial charge is 0.125 e. The van der Waals surface area contributed by atoms with Gasteiger partial charge >= 0.3 is 0 Å². The van der Waals surface area contributed by atoms with E-state index in [4.69, 9.17) is 21.1 Å². The van der Waals surface area contributed by atoms with E-state index in [1.165, 1.54) is 18.4 Å². The van der Waals surface area contributed by atoms with Gasteiger partial charge in [0.15, 0.2) is 0 Å². The van der Waals surface area contributed by atoms with E-state index in [1.807, 2.05) is 12.1 Å². The Labute approximate surface area is 133 Å². The molecule has 1 aliphatic rings. The Kier molecular flexibility index (Phi) is 6.81. The first-order valence-corrected chi connectivity index (χ1v) is 8.30. The molecule has 3 nitrogen and oxygen atoms in total. The van der Waals surface area contributed by atoms with Gasteiger partial charge in [0, 0.05) is 23.2 Å². The summed E-state index contributed by atoms with van der Waals surface area (Å²) in [7, 11) is 1.70. The van der Waals surface area contributed by atoms with E-state index in [-0.39, 0.29) is 0 Å². The van der Waals surface area contributed by atoms with Crippen LogP contribution in [-0.4, -0.2) is 26.4 Å². The number of benzene rings is 1. The van der Waals surface area contributed by atoms with Gasteiger partial charge in [0.2, 0.25) is 0 Å². The van der Waals surface area contributed by atoms with E-state index < -0.39 is 0 Å². The van der Waals surface area contributed by atoms with Crippen LogP contribution in [0, 0.1) is 0 Å². The molecule has 1 fully saturated rings. The molecule has 21 heavy (non-hydrogen) atoms. The molecule has 0 spiro atoms. The first kappa shape index (κ1) is 16.6. The number of methoxy groups -OCH3 is 1. The third-order valence-corrected chi connectivity index (χ3v) is 4.25. The molecule has 1 aromatic rings. The fourth-order valence-corrected chi connectivity index (χ4v) is 3.05. The van der Waals surface area contributed by atoms with Gasteiger partial charge in [-0.05, 0) is 50.8 Å². The van der Waals surface area contributed by atoms with Gasteiger partial charge in [0.1, 0.15) is 5.75 Å². The fraction of sp³-hybridized carbons (Fsp3) is 0.647. The van der Waals surface area contributed by atoms with Crippen molar-refractivity contribution in [3.63, 3.8) is 0 Å². The minimum atomic E-state index is 0.293. The molecule has 0 radical (unpaired) electrons. The Morgan fingerprint density at radius 3 is 3.00 bits per heavy atom. The molecule has 1 saturated heterocycles. The van der Waals surface area contributed by atoms with Gasteiger partial charge in [0.05, 0.1) is 13.2 Å². The predicted octanol–water partition coefficient (Wildman–Crippen LogP) is 4.35. The van der Waals surface area contributed by atoms with Gasteiger partial charge in [-0.15, -0.1) is 0 Å². The van der Waals surface area contributed by atoms with E-state index in [2.05, 4.69) is 18.3 Å². The first-order chi connectivity index (χ1) is 10.2. The van der Waals surface area contributed by atoms with Crippen LogP contribution in [0.5, 0.6) is 5.75 Å². The molecule has 2 rings (SSSR count). The Morgan fingerprint density at radius 1 is 1.48 bits per heavy atom. The van der Waals surface area contributed by atoms with Gasteiger partial charge in [-0.3, -0.25) is 0 Å². The second-order valence-corrected chi connectivity index (χ2v) is 6.04. The number of rotatable bonds is 8. The van der Waals surface area contributed by atoms with Gasteiger partial charge in [-0.25, -0.2) is 0 Å². The molecule has 4 heteroatoms. The summed E-state index contributed by atoms with van der Waals surface area (Å²) in [6, 6.07) is 6.20. The average Bonchev–Trinajstić information content (AvgIpc) is 3.01. The van der Waals surface area contributed by atoms with Gasteiger partial charge in [-0.1, -0.05) is 24.6 Å². The van der Waals surface area contributed by atoms with Gasteiger partial charge in [-0.2, -0.15) is 0 Å². The average molecular weight is 312 g/mol. The van der Waals surface area contributed by atoms with E-state index in [0.29, 0.717) is 17.2 Å². The highest BCUT2D eigenvalue weighted by atomic mass is 35.5. The van der Waals surface area contributed by atoms with Crippen molar-refractivity contribution in [2.45, 2.75) is 51.2 Å². The summed E-state index contributed by atoms with van der Waals surface area (Å²) in [5.41, 5.74) is 1.19. The van der Waals surface area contributed by atoms with Crippen molar-refractivity contribution in [3.8, 4) is 5.75 Å². The van der Waals surface area contributed by atoms with Gasteiger partial charge < -0.3 is 14.8 Å². The van der Waals surface area contributed by atoms with Crippen molar-refractivity contribution in [3.05, 3.63) is 28.8 Å². The van der Waals surface area contributed by atoms with Crippen molar-refractivity contribution in [2.75, 3.05) is 20.3 Å². The molecule has 1 N–H and O–H groups in total. The summed E-state index contributed by atoms with van der Waals surface area (Å²) in [5.74, 6) is 0.864. The zero-order valence-corrected chi connectivity index (χ0v) is 13.8. The molecule has 0 aliphatic carbocycles. The summed E-state index contributed by atoms with van der Waals surface area (Å²) in [5, 5.41) is 4.34. The minimum Gasteiger partial charge on any atom is -0.496 e. The molecule has 118 valence electrons. The standard InChI is InChI=1S/C17H26ClNO2/c1-3-10-19-16(9-7-14-5-4-11-21-14)15-8-6-13(18)12-17(15)20-2/h6,8,12,14,16,19H,3-5,7,9-11H2,1-2H3. The summed E-state index contributed by atoms with van der Waals surface area (Å²) in [6.07, 6.45) is 6.08. The van der Waals surface area contributed by atoms with E-state index in [1.54, 1.807) is 7.11 Å². The maximum Gasteiger partial charge on any atom is 0.125 e. The van der Waals surface area contributed by atoms with Crippen LogP contribution in [0.15, 0.2) is 18.2 Å². The Balaban J connectivity index is 2.06. The molecule has 1 heterocycles. The number of hydrogen-bond donors (Lipinski definition) is 1. The Morgan fingerprint density at radius 2 is 2.33 bits per heavy atom. The lowest BCUT2D eigenvalue weighted by Crippen LogP contribution is -2.24. The molecule has 0 aromatic heterocycles. The van der Waals surface area contributed by atoms with Gasteiger partial charge in [0.25, 0.3) is 0 Å². The molecular weight excluding hydrogens is 286 g/mol.